The third kappa shape index (κ3) is 13.9. The molecule has 0 radical (unpaired) electrons. The molecule has 0 aliphatic rings. The number of quaternary nitrogens is 1. The number of rotatable bonds is 5. The molecular formula is C10H23NO3. The third-order valence-electron chi connectivity index (χ3n) is 1.79. The van der Waals surface area contributed by atoms with Crippen molar-refractivity contribution in [2.75, 3.05) is 34.5 Å². The van der Waals surface area contributed by atoms with Gasteiger partial charge in [0, 0.05) is 13.1 Å². The van der Waals surface area contributed by atoms with Crippen LogP contribution in [-0.2, 0) is 9.53 Å². The standard InChI is InChI=1S/C6H16NO.C4H8O2/c1-5-7(2,3)6-8-4;1-2-3-4(5)6/h5-6H2,1-4H3;2-3H2,1H3,(H,5,6)/q+1;/p-1. The molecule has 0 aliphatic carbocycles. The van der Waals surface area contributed by atoms with Crippen LogP contribution in [0.1, 0.15) is 26.7 Å². The van der Waals surface area contributed by atoms with Crippen LogP contribution in [0.4, 0.5) is 0 Å². The minimum atomic E-state index is -0.961. The summed E-state index contributed by atoms with van der Waals surface area (Å²) in [4.78, 5) is 9.49. The van der Waals surface area contributed by atoms with Crippen LogP contribution in [0.3, 0.4) is 0 Å². The summed E-state index contributed by atoms with van der Waals surface area (Å²) in [5.74, 6) is -0.961. The first-order valence-electron chi connectivity index (χ1n) is 4.90. The lowest BCUT2D eigenvalue weighted by Gasteiger charge is -2.26. The SMILES string of the molecule is CCCC(=O)[O-].CC[N+](C)(C)COC. The van der Waals surface area contributed by atoms with E-state index in [1.54, 1.807) is 14.0 Å². The van der Waals surface area contributed by atoms with Gasteiger partial charge in [-0.15, -0.1) is 0 Å². The van der Waals surface area contributed by atoms with Crippen LogP contribution in [0, 0.1) is 0 Å². The zero-order valence-corrected chi connectivity index (χ0v) is 10.0. The van der Waals surface area contributed by atoms with Gasteiger partial charge in [0.25, 0.3) is 0 Å². The van der Waals surface area contributed by atoms with Crippen molar-refractivity contribution in [3.05, 3.63) is 0 Å². The topological polar surface area (TPSA) is 49.4 Å². The molecule has 4 heteroatoms. The molecule has 0 aromatic rings. The van der Waals surface area contributed by atoms with Crippen LogP contribution in [0.5, 0.6) is 0 Å². The van der Waals surface area contributed by atoms with Crippen LogP contribution >= 0.6 is 0 Å². The van der Waals surface area contributed by atoms with Gasteiger partial charge in [-0.05, 0) is 13.3 Å². The molecule has 0 amide bonds. The maximum Gasteiger partial charge on any atom is 0.182 e. The van der Waals surface area contributed by atoms with Gasteiger partial charge in [-0.1, -0.05) is 13.3 Å². The van der Waals surface area contributed by atoms with Gasteiger partial charge in [0.05, 0.1) is 20.6 Å². The summed E-state index contributed by atoms with van der Waals surface area (Å²) in [6.07, 6.45) is 0.850. The number of hydrogen-bond acceptors (Lipinski definition) is 3. The summed E-state index contributed by atoms with van der Waals surface area (Å²) in [7, 11) is 6.02. The van der Waals surface area contributed by atoms with Crippen LogP contribution < -0.4 is 5.11 Å². The van der Waals surface area contributed by atoms with E-state index in [2.05, 4.69) is 21.0 Å². The van der Waals surface area contributed by atoms with E-state index in [9.17, 15) is 9.90 Å². The summed E-state index contributed by atoms with van der Waals surface area (Å²) in [6, 6.07) is 0. The average molecular weight is 205 g/mol. The summed E-state index contributed by atoms with van der Waals surface area (Å²) >= 11 is 0. The van der Waals surface area contributed by atoms with Gasteiger partial charge in [-0.3, -0.25) is 0 Å². The predicted octanol–water partition coefficient (Wildman–Crippen LogP) is 0.223. The van der Waals surface area contributed by atoms with Crippen molar-refractivity contribution in [2.24, 2.45) is 0 Å². The predicted molar refractivity (Wildman–Crippen MR) is 54.4 cm³/mol. The molecule has 0 heterocycles. The van der Waals surface area contributed by atoms with E-state index in [0.717, 1.165) is 17.8 Å². The first-order valence-corrected chi connectivity index (χ1v) is 4.90. The Hall–Kier alpha value is -0.610. The van der Waals surface area contributed by atoms with Gasteiger partial charge in [0.2, 0.25) is 0 Å². The van der Waals surface area contributed by atoms with Gasteiger partial charge in [0.15, 0.2) is 6.73 Å². The van der Waals surface area contributed by atoms with E-state index in [1.165, 1.54) is 0 Å². The Morgan fingerprint density at radius 3 is 1.93 bits per heavy atom. The first-order chi connectivity index (χ1) is 6.39. The Morgan fingerprint density at radius 1 is 1.36 bits per heavy atom. The molecule has 0 unspecified atom stereocenters. The van der Waals surface area contributed by atoms with Crippen LogP contribution in [-0.4, -0.2) is 44.9 Å². The molecule has 14 heavy (non-hydrogen) atoms. The molecule has 0 N–H and O–H groups in total. The molecule has 0 aromatic heterocycles. The van der Waals surface area contributed by atoms with Crippen molar-refractivity contribution in [3.8, 4) is 0 Å². The van der Waals surface area contributed by atoms with Crippen LogP contribution in [0.2, 0.25) is 0 Å². The van der Waals surface area contributed by atoms with E-state index < -0.39 is 5.97 Å². The van der Waals surface area contributed by atoms with Crippen LogP contribution in [0.25, 0.3) is 0 Å². The van der Waals surface area contributed by atoms with Gasteiger partial charge in [-0.25, -0.2) is 0 Å². The zero-order chi connectivity index (χ0) is 11.6. The molecule has 0 fully saturated rings. The number of carboxylic acids is 1. The van der Waals surface area contributed by atoms with Gasteiger partial charge in [0.1, 0.15) is 0 Å². The molecule has 0 aliphatic heterocycles. The van der Waals surface area contributed by atoms with Crippen molar-refractivity contribution in [1.29, 1.82) is 0 Å². The number of ether oxygens (including phenoxy) is 1. The largest absolute Gasteiger partial charge is 0.550 e. The smallest absolute Gasteiger partial charge is 0.182 e. The Balaban J connectivity index is 0. The molecule has 0 saturated heterocycles. The minimum Gasteiger partial charge on any atom is -0.550 e. The van der Waals surface area contributed by atoms with E-state index >= 15 is 0 Å². The van der Waals surface area contributed by atoms with Crippen molar-refractivity contribution >= 4 is 5.97 Å². The highest BCUT2D eigenvalue weighted by Gasteiger charge is 2.08. The molecule has 0 aromatic carbocycles. The molecule has 0 bridgehead atoms. The number of carboxylic acid groups (broad SMARTS) is 1. The fourth-order valence-corrected chi connectivity index (χ4v) is 0.645. The Bertz CT molecular complexity index is 146. The molecule has 0 rings (SSSR count). The van der Waals surface area contributed by atoms with E-state index in [1.807, 2.05) is 0 Å². The molecule has 0 saturated carbocycles. The monoisotopic (exact) mass is 205 g/mol. The fourth-order valence-electron chi connectivity index (χ4n) is 0.645. The first kappa shape index (κ1) is 15.8. The van der Waals surface area contributed by atoms with E-state index in [-0.39, 0.29) is 6.42 Å². The molecule has 86 valence electrons. The second-order valence-electron chi connectivity index (χ2n) is 3.79. The molecule has 4 nitrogen and oxygen atoms in total. The van der Waals surface area contributed by atoms with Crippen molar-refractivity contribution in [2.45, 2.75) is 26.7 Å². The molecule has 0 atom stereocenters. The highest BCUT2D eigenvalue weighted by molar-refractivity contribution is 5.63. The zero-order valence-electron chi connectivity index (χ0n) is 10.0. The van der Waals surface area contributed by atoms with Crippen molar-refractivity contribution in [3.63, 3.8) is 0 Å². The Kier molecular flexibility index (Phi) is 10.1. The van der Waals surface area contributed by atoms with E-state index in [0.29, 0.717) is 6.42 Å². The van der Waals surface area contributed by atoms with Crippen LogP contribution in [0.15, 0.2) is 0 Å². The van der Waals surface area contributed by atoms with Crippen molar-refractivity contribution < 1.29 is 19.1 Å². The molecule has 0 spiro atoms. The van der Waals surface area contributed by atoms with E-state index in [4.69, 9.17) is 4.74 Å². The molecular weight excluding hydrogens is 182 g/mol. The highest BCUT2D eigenvalue weighted by atomic mass is 16.5. The summed E-state index contributed by atoms with van der Waals surface area (Å²) < 4.78 is 5.91. The Labute approximate surface area is 87.1 Å². The summed E-state index contributed by atoms with van der Waals surface area (Å²) in [5, 5.41) is 9.49. The van der Waals surface area contributed by atoms with Crippen molar-refractivity contribution in [1.82, 2.24) is 0 Å². The average Bonchev–Trinajstić information content (AvgIpc) is 2.05. The second-order valence-corrected chi connectivity index (χ2v) is 3.79. The normalized spacial score (nSPS) is 10.4. The lowest BCUT2D eigenvalue weighted by Crippen LogP contribution is -2.40. The number of carbonyl (C=O) groups excluding carboxylic acids is 1. The minimum absolute atomic E-state index is 0.181. The number of methoxy groups -OCH3 is 1. The lowest BCUT2D eigenvalue weighted by molar-refractivity contribution is -0.907. The highest BCUT2D eigenvalue weighted by Crippen LogP contribution is 1.93. The maximum absolute atomic E-state index is 9.49. The fraction of sp³-hybridized carbons (Fsp3) is 0.900. The second kappa shape index (κ2) is 8.97. The summed E-state index contributed by atoms with van der Waals surface area (Å²) in [5.41, 5.74) is 0. The quantitative estimate of drug-likeness (QED) is 0.476. The number of carbonyl (C=O) groups is 1. The number of hydrogen-bond donors (Lipinski definition) is 0. The Morgan fingerprint density at radius 2 is 1.86 bits per heavy atom. The number of nitrogens with zero attached hydrogens (tertiary/aromatic N) is 1. The summed E-state index contributed by atoms with van der Waals surface area (Å²) in [6.45, 7) is 5.87. The lowest BCUT2D eigenvalue weighted by atomic mass is 10.4. The van der Waals surface area contributed by atoms with Gasteiger partial charge >= 0.3 is 0 Å². The van der Waals surface area contributed by atoms with Gasteiger partial charge < -0.3 is 19.1 Å². The number of aliphatic carboxylic acids is 1. The third-order valence-corrected chi connectivity index (χ3v) is 1.79. The van der Waals surface area contributed by atoms with Gasteiger partial charge in [-0.2, -0.15) is 0 Å². The maximum atomic E-state index is 9.49.